The zero-order chi connectivity index (χ0) is 22.0. The van der Waals surface area contributed by atoms with E-state index in [0.717, 1.165) is 17.7 Å². The number of carbonyl (C=O) groups is 2. The van der Waals surface area contributed by atoms with Crippen molar-refractivity contribution in [3.8, 4) is 6.07 Å². The molecule has 1 atom stereocenters. The fourth-order valence-corrected chi connectivity index (χ4v) is 3.10. The van der Waals surface area contributed by atoms with Crippen LogP contribution in [0.3, 0.4) is 0 Å². The maximum absolute atomic E-state index is 13.0. The van der Waals surface area contributed by atoms with Crippen LogP contribution < -0.4 is 4.90 Å². The van der Waals surface area contributed by atoms with Crippen LogP contribution in [0, 0.1) is 18.3 Å². The van der Waals surface area contributed by atoms with Gasteiger partial charge in [-0.25, -0.2) is 9.59 Å². The molecule has 8 nitrogen and oxygen atoms in total. The van der Waals surface area contributed by atoms with Crippen LogP contribution in [-0.2, 0) is 14.2 Å². The van der Waals surface area contributed by atoms with Gasteiger partial charge in [-0.2, -0.15) is 10.2 Å². The average Bonchev–Trinajstić information content (AvgIpc) is 2.88. The molecular formula is C21H31N3O5. The molecule has 1 aliphatic heterocycles. The molecule has 1 saturated heterocycles. The van der Waals surface area contributed by atoms with Gasteiger partial charge >= 0.3 is 12.2 Å². The van der Waals surface area contributed by atoms with Crippen LogP contribution in [0.4, 0.5) is 15.4 Å². The molecule has 2 rings (SSSR count). The summed E-state index contributed by atoms with van der Waals surface area (Å²) in [6.07, 6.45) is 0.413. The number of hydrogen-bond acceptors (Lipinski definition) is 6. The predicted octanol–water partition coefficient (Wildman–Crippen LogP) is 5.04. The van der Waals surface area contributed by atoms with Gasteiger partial charge < -0.3 is 18.8 Å². The molecule has 2 amide bonds. The van der Waals surface area contributed by atoms with Gasteiger partial charge in [-0.3, -0.25) is 0 Å². The summed E-state index contributed by atoms with van der Waals surface area (Å²) in [6.45, 7) is 12.6. The van der Waals surface area contributed by atoms with Crippen molar-refractivity contribution < 1.29 is 23.8 Å². The number of nitriles is 1. The number of aromatic nitrogens is 1. The Morgan fingerprint density at radius 3 is 2.10 bits per heavy atom. The van der Waals surface area contributed by atoms with Gasteiger partial charge in [0.05, 0.1) is 5.56 Å². The van der Waals surface area contributed by atoms with Crippen LogP contribution in [0.1, 0.15) is 78.3 Å². The van der Waals surface area contributed by atoms with Crippen molar-refractivity contribution in [1.29, 1.82) is 5.26 Å². The monoisotopic (exact) mass is 405 g/mol. The molecule has 1 fully saturated rings. The minimum atomic E-state index is -0.904. The van der Waals surface area contributed by atoms with Gasteiger partial charge in [0.25, 0.3) is 0 Å². The lowest BCUT2D eigenvalue weighted by Crippen LogP contribution is -2.45. The highest BCUT2D eigenvalue weighted by Gasteiger charge is 2.38. The van der Waals surface area contributed by atoms with E-state index in [9.17, 15) is 14.9 Å². The van der Waals surface area contributed by atoms with Crippen molar-refractivity contribution in [1.82, 2.24) is 4.57 Å². The molecule has 1 unspecified atom stereocenters. The fraction of sp³-hybridized carbons (Fsp3) is 0.667. The van der Waals surface area contributed by atoms with E-state index in [-0.39, 0.29) is 17.6 Å². The fourth-order valence-electron chi connectivity index (χ4n) is 3.10. The Bertz CT molecular complexity index is 774. The first-order chi connectivity index (χ1) is 13.3. The van der Waals surface area contributed by atoms with Crippen LogP contribution in [0.15, 0.2) is 6.07 Å². The van der Waals surface area contributed by atoms with Crippen LogP contribution >= 0.6 is 0 Å². The highest BCUT2D eigenvalue weighted by molar-refractivity contribution is 6.10. The lowest BCUT2D eigenvalue weighted by atomic mass is 10.2. The van der Waals surface area contributed by atoms with E-state index in [1.54, 1.807) is 52.2 Å². The number of carbonyl (C=O) groups excluding carboxylic acids is 2. The predicted molar refractivity (Wildman–Crippen MR) is 108 cm³/mol. The van der Waals surface area contributed by atoms with E-state index in [1.165, 1.54) is 0 Å². The average molecular weight is 405 g/mol. The topological polar surface area (TPSA) is 93.8 Å². The summed E-state index contributed by atoms with van der Waals surface area (Å²) in [5, 5.41) is 9.70. The Kier molecular flexibility index (Phi) is 6.63. The van der Waals surface area contributed by atoms with Crippen molar-refractivity contribution in [3.05, 3.63) is 17.3 Å². The Morgan fingerprint density at radius 2 is 1.69 bits per heavy atom. The largest absolute Gasteiger partial charge is 0.443 e. The molecule has 0 aromatic carbocycles. The molecule has 0 saturated carbocycles. The highest BCUT2D eigenvalue weighted by atomic mass is 16.6. The number of aryl methyl sites for hydroxylation is 1. The number of rotatable bonds is 2. The second-order valence-corrected chi connectivity index (χ2v) is 9.12. The van der Waals surface area contributed by atoms with Gasteiger partial charge in [-0.1, -0.05) is 0 Å². The molecule has 1 aliphatic rings. The molecular weight excluding hydrogens is 374 g/mol. The molecule has 160 valence electrons. The molecule has 8 heteroatoms. The number of imide groups is 1. The zero-order valence-corrected chi connectivity index (χ0v) is 18.4. The summed E-state index contributed by atoms with van der Waals surface area (Å²) >= 11 is 0. The summed E-state index contributed by atoms with van der Waals surface area (Å²) in [7, 11) is 0. The Labute approximate surface area is 172 Å². The lowest BCUT2D eigenvalue weighted by molar-refractivity contribution is -0.0321. The van der Waals surface area contributed by atoms with Gasteiger partial charge in [0, 0.05) is 12.3 Å². The van der Waals surface area contributed by atoms with E-state index in [1.807, 2.05) is 6.92 Å². The molecule has 1 aromatic rings. The highest BCUT2D eigenvalue weighted by Crippen LogP contribution is 2.35. The van der Waals surface area contributed by atoms with Crippen LogP contribution in [0.5, 0.6) is 0 Å². The standard InChI is InChI=1S/C21H31N3O5/c1-14-12-15(13-22)17(23(14)16-10-8-9-11-27-16)24(18(25)28-20(2,3)4)19(26)29-21(5,6)7/h12,16H,8-11H2,1-7H3. The zero-order valence-electron chi connectivity index (χ0n) is 18.4. The Hall–Kier alpha value is -2.53. The van der Waals surface area contributed by atoms with Gasteiger partial charge in [0.1, 0.15) is 29.3 Å². The number of nitrogens with zero attached hydrogens (tertiary/aromatic N) is 3. The van der Waals surface area contributed by atoms with Crippen molar-refractivity contribution >= 4 is 18.0 Å². The first-order valence-corrected chi connectivity index (χ1v) is 9.83. The van der Waals surface area contributed by atoms with Gasteiger partial charge in [0.15, 0.2) is 0 Å². The van der Waals surface area contributed by atoms with Crippen LogP contribution in [0.2, 0.25) is 0 Å². The molecule has 0 aliphatic carbocycles. The van der Waals surface area contributed by atoms with E-state index < -0.39 is 23.4 Å². The number of hydrogen-bond donors (Lipinski definition) is 0. The molecule has 29 heavy (non-hydrogen) atoms. The van der Waals surface area contributed by atoms with Crippen molar-refractivity contribution in [2.45, 2.75) is 85.2 Å². The third-order valence-corrected chi connectivity index (χ3v) is 4.13. The molecule has 0 N–H and O–H groups in total. The first-order valence-electron chi connectivity index (χ1n) is 9.83. The second kappa shape index (κ2) is 8.46. The van der Waals surface area contributed by atoms with E-state index in [0.29, 0.717) is 18.7 Å². The minimum Gasteiger partial charge on any atom is -0.443 e. The Morgan fingerprint density at radius 1 is 1.14 bits per heavy atom. The minimum absolute atomic E-state index is 0.111. The van der Waals surface area contributed by atoms with E-state index in [4.69, 9.17) is 14.2 Å². The van der Waals surface area contributed by atoms with E-state index >= 15 is 0 Å². The van der Waals surface area contributed by atoms with Gasteiger partial charge in [-0.15, -0.1) is 0 Å². The van der Waals surface area contributed by atoms with Crippen molar-refractivity contribution in [2.75, 3.05) is 11.5 Å². The summed E-state index contributed by atoms with van der Waals surface area (Å²) in [5.41, 5.74) is -0.787. The van der Waals surface area contributed by atoms with Crippen molar-refractivity contribution in [2.24, 2.45) is 0 Å². The number of ether oxygens (including phenoxy) is 3. The van der Waals surface area contributed by atoms with Gasteiger partial charge in [0.2, 0.25) is 0 Å². The van der Waals surface area contributed by atoms with Gasteiger partial charge in [-0.05, 0) is 73.8 Å². The molecule has 2 heterocycles. The summed E-state index contributed by atoms with van der Waals surface area (Å²) in [5.74, 6) is 0.111. The lowest BCUT2D eigenvalue weighted by Gasteiger charge is -2.32. The van der Waals surface area contributed by atoms with Crippen LogP contribution in [-0.4, -0.2) is 34.6 Å². The SMILES string of the molecule is Cc1cc(C#N)c(N(C(=O)OC(C)(C)C)C(=O)OC(C)(C)C)n1C1CCCCO1. The number of anilines is 1. The smallest absolute Gasteiger partial charge is 0.425 e. The molecule has 1 aromatic heterocycles. The number of amides is 2. The quantitative estimate of drug-likeness (QED) is 0.684. The third-order valence-electron chi connectivity index (χ3n) is 4.13. The molecule has 0 bridgehead atoms. The molecule has 0 radical (unpaired) electrons. The normalized spacial score (nSPS) is 17.4. The maximum atomic E-state index is 13.0. The maximum Gasteiger partial charge on any atom is 0.425 e. The summed E-state index contributed by atoms with van der Waals surface area (Å²) in [6, 6.07) is 3.71. The van der Waals surface area contributed by atoms with E-state index in [2.05, 4.69) is 6.07 Å². The summed E-state index contributed by atoms with van der Waals surface area (Å²) < 4.78 is 18.5. The van der Waals surface area contributed by atoms with Crippen molar-refractivity contribution in [3.63, 3.8) is 0 Å². The molecule has 0 spiro atoms. The Balaban J connectivity index is 2.61. The third kappa shape index (κ3) is 5.73. The van der Waals surface area contributed by atoms with Crippen LogP contribution in [0.25, 0.3) is 0 Å². The summed E-state index contributed by atoms with van der Waals surface area (Å²) in [4.78, 5) is 26.9. The first kappa shape index (κ1) is 22.8. The second-order valence-electron chi connectivity index (χ2n) is 9.12.